The quantitative estimate of drug-likeness (QED) is 0.568. The summed E-state index contributed by atoms with van der Waals surface area (Å²) in [5, 5.41) is 0. The van der Waals surface area contributed by atoms with Gasteiger partial charge in [-0.05, 0) is 63.2 Å². The first-order valence-electron chi connectivity index (χ1n) is 7.40. The van der Waals surface area contributed by atoms with Crippen LogP contribution in [0.4, 0.5) is 5.69 Å². The van der Waals surface area contributed by atoms with Crippen LogP contribution in [0.25, 0.3) is 0 Å². The molecule has 0 atom stereocenters. The van der Waals surface area contributed by atoms with E-state index in [1.807, 2.05) is 13.8 Å². The second-order valence-electron chi connectivity index (χ2n) is 5.23. The lowest BCUT2D eigenvalue weighted by Crippen LogP contribution is -2.30. The third kappa shape index (κ3) is 4.98. The number of nitrogens with two attached hydrogens (primary N) is 1. The van der Waals surface area contributed by atoms with Crippen molar-refractivity contribution in [3.63, 3.8) is 0 Å². The van der Waals surface area contributed by atoms with Gasteiger partial charge in [0.05, 0.1) is 4.90 Å². The van der Waals surface area contributed by atoms with E-state index in [1.165, 1.54) is 6.07 Å². The van der Waals surface area contributed by atoms with Gasteiger partial charge in [0.15, 0.2) is 0 Å². The predicted molar refractivity (Wildman–Crippen MR) is 87.9 cm³/mol. The third-order valence-corrected chi connectivity index (χ3v) is 5.27. The minimum atomic E-state index is -3.48. The lowest BCUT2D eigenvalue weighted by molar-refractivity contribution is 0.300. The Bertz CT molecular complexity index is 543. The molecule has 0 saturated heterocycles. The Morgan fingerprint density at radius 3 is 2.33 bits per heavy atom. The maximum atomic E-state index is 12.3. The maximum Gasteiger partial charge on any atom is 0.240 e. The van der Waals surface area contributed by atoms with E-state index in [9.17, 15) is 8.42 Å². The Morgan fingerprint density at radius 1 is 1.19 bits per heavy atom. The van der Waals surface area contributed by atoms with Crippen LogP contribution in [0, 0.1) is 13.8 Å². The van der Waals surface area contributed by atoms with E-state index in [0.717, 1.165) is 37.2 Å². The van der Waals surface area contributed by atoms with Crippen LogP contribution in [0.3, 0.4) is 0 Å². The normalized spacial score (nSPS) is 12.0. The van der Waals surface area contributed by atoms with Crippen molar-refractivity contribution >= 4 is 15.7 Å². The van der Waals surface area contributed by atoms with Crippen LogP contribution in [0.1, 0.15) is 31.4 Å². The Hall–Kier alpha value is -1.11. The summed E-state index contributed by atoms with van der Waals surface area (Å²) in [5.74, 6) is 0. The predicted octanol–water partition coefficient (Wildman–Crippen LogP) is 1.90. The van der Waals surface area contributed by atoms with Gasteiger partial charge in [-0.2, -0.15) is 0 Å². The molecule has 21 heavy (non-hydrogen) atoms. The zero-order valence-corrected chi connectivity index (χ0v) is 14.3. The number of nitrogens with one attached hydrogen (secondary N) is 1. The molecule has 0 unspecified atom stereocenters. The monoisotopic (exact) mass is 313 g/mol. The van der Waals surface area contributed by atoms with Gasteiger partial charge < -0.3 is 10.6 Å². The molecule has 0 aliphatic carbocycles. The fourth-order valence-electron chi connectivity index (χ4n) is 2.14. The molecule has 1 rings (SSSR count). The largest absolute Gasteiger partial charge is 0.398 e. The molecule has 0 saturated carbocycles. The molecule has 0 radical (unpaired) electrons. The SMILES string of the molecule is CCN(CC)CCCNS(=O)(=O)c1cc(C)c(C)c(N)c1. The van der Waals surface area contributed by atoms with Gasteiger partial charge in [-0.25, -0.2) is 13.1 Å². The summed E-state index contributed by atoms with van der Waals surface area (Å²) in [6.45, 7) is 11.3. The molecule has 1 aromatic rings. The molecule has 0 spiro atoms. The lowest BCUT2D eigenvalue weighted by atomic mass is 10.1. The second kappa shape index (κ2) is 7.77. The zero-order valence-electron chi connectivity index (χ0n) is 13.4. The third-order valence-electron chi connectivity index (χ3n) is 3.83. The first-order valence-corrected chi connectivity index (χ1v) is 8.88. The van der Waals surface area contributed by atoms with E-state index in [-0.39, 0.29) is 4.90 Å². The number of anilines is 1. The van der Waals surface area contributed by atoms with Crippen LogP contribution in [0.5, 0.6) is 0 Å². The minimum absolute atomic E-state index is 0.242. The summed E-state index contributed by atoms with van der Waals surface area (Å²) in [5.41, 5.74) is 8.18. The summed E-state index contributed by atoms with van der Waals surface area (Å²) in [4.78, 5) is 2.51. The molecular formula is C15H27N3O2S. The van der Waals surface area contributed by atoms with Gasteiger partial charge in [0, 0.05) is 12.2 Å². The summed E-state index contributed by atoms with van der Waals surface area (Å²) < 4.78 is 27.1. The second-order valence-corrected chi connectivity index (χ2v) is 7.00. The molecule has 0 bridgehead atoms. The van der Waals surface area contributed by atoms with Crippen molar-refractivity contribution in [1.82, 2.24) is 9.62 Å². The number of sulfonamides is 1. The molecule has 0 aliphatic heterocycles. The van der Waals surface area contributed by atoms with Crippen LogP contribution >= 0.6 is 0 Å². The standard InChI is InChI=1S/C15H27N3O2S/c1-5-18(6-2)9-7-8-17-21(19,20)14-10-12(3)13(4)15(16)11-14/h10-11,17H,5-9,16H2,1-4H3. The summed E-state index contributed by atoms with van der Waals surface area (Å²) >= 11 is 0. The van der Waals surface area contributed by atoms with Gasteiger partial charge in [-0.3, -0.25) is 0 Å². The van der Waals surface area contributed by atoms with Crippen molar-refractivity contribution in [3.8, 4) is 0 Å². The highest BCUT2D eigenvalue weighted by molar-refractivity contribution is 7.89. The summed E-state index contributed by atoms with van der Waals surface area (Å²) in [6, 6.07) is 3.19. The number of rotatable bonds is 8. The Kier molecular flexibility index (Phi) is 6.64. The fraction of sp³-hybridized carbons (Fsp3) is 0.600. The Balaban J connectivity index is 2.66. The fourth-order valence-corrected chi connectivity index (χ4v) is 3.33. The topological polar surface area (TPSA) is 75.4 Å². The lowest BCUT2D eigenvalue weighted by Gasteiger charge is -2.17. The van der Waals surface area contributed by atoms with Gasteiger partial charge >= 0.3 is 0 Å². The average Bonchev–Trinajstić information content (AvgIpc) is 2.44. The number of nitrogen functional groups attached to an aromatic ring is 1. The van der Waals surface area contributed by atoms with Crippen molar-refractivity contribution in [1.29, 1.82) is 0 Å². The number of nitrogens with zero attached hydrogens (tertiary/aromatic N) is 1. The van der Waals surface area contributed by atoms with E-state index in [4.69, 9.17) is 5.73 Å². The smallest absolute Gasteiger partial charge is 0.240 e. The van der Waals surface area contributed by atoms with Crippen molar-refractivity contribution in [2.75, 3.05) is 31.9 Å². The van der Waals surface area contributed by atoms with E-state index in [0.29, 0.717) is 12.2 Å². The molecule has 3 N–H and O–H groups in total. The van der Waals surface area contributed by atoms with Crippen LogP contribution in [0.2, 0.25) is 0 Å². The summed E-state index contributed by atoms with van der Waals surface area (Å²) in [6.07, 6.45) is 0.793. The molecule has 120 valence electrons. The molecule has 0 heterocycles. The van der Waals surface area contributed by atoms with Crippen LogP contribution in [-0.4, -0.2) is 39.5 Å². The molecule has 0 fully saturated rings. The highest BCUT2D eigenvalue weighted by Crippen LogP contribution is 2.21. The maximum absolute atomic E-state index is 12.3. The van der Waals surface area contributed by atoms with Crippen LogP contribution in [-0.2, 0) is 10.0 Å². The molecule has 0 aliphatic rings. The van der Waals surface area contributed by atoms with Crippen molar-refractivity contribution in [2.24, 2.45) is 0 Å². The van der Waals surface area contributed by atoms with Crippen molar-refractivity contribution in [3.05, 3.63) is 23.3 Å². The Morgan fingerprint density at radius 2 is 1.81 bits per heavy atom. The van der Waals surface area contributed by atoms with E-state index < -0.39 is 10.0 Å². The molecular weight excluding hydrogens is 286 g/mol. The number of benzene rings is 1. The highest BCUT2D eigenvalue weighted by atomic mass is 32.2. The van der Waals surface area contributed by atoms with Gasteiger partial charge in [0.1, 0.15) is 0 Å². The van der Waals surface area contributed by atoms with Crippen molar-refractivity contribution in [2.45, 2.75) is 39.0 Å². The molecule has 1 aromatic carbocycles. The number of aryl methyl sites for hydroxylation is 1. The number of hydrogen-bond donors (Lipinski definition) is 2. The molecule has 5 nitrogen and oxygen atoms in total. The Labute approximate surface area is 128 Å². The highest BCUT2D eigenvalue weighted by Gasteiger charge is 2.15. The van der Waals surface area contributed by atoms with Crippen LogP contribution in [0.15, 0.2) is 17.0 Å². The minimum Gasteiger partial charge on any atom is -0.398 e. The van der Waals surface area contributed by atoms with E-state index in [2.05, 4.69) is 23.5 Å². The van der Waals surface area contributed by atoms with Gasteiger partial charge in [0.2, 0.25) is 10.0 Å². The van der Waals surface area contributed by atoms with Crippen molar-refractivity contribution < 1.29 is 8.42 Å². The number of hydrogen-bond acceptors (Lipinski definition) is 4. The van der Waals surface area contributed by atoms with Gasteiger partial charge in [0.25, 0.3) is 0 Å². The molecule has 0 amide bonds. The molecule has 0 aromatic heterocycles. The van der Waals surface area contributed by atoms with Crippen LogP contribution < -0.4 is 10.5 Å². The van der Waals surface area contributed by atoms with E-state index in [1.54, 1.807) is 6.07 Å². The average molecular weight is 313 g/mol. The first-order chi connectivity index (χ1) is 9.81. The molecule has 6 heteroatoms. The first kappa shape index (κ1) is 17.9. The van der Waals surface area contributed by atoms with Gasteiger partial charge in [-0.15, -0.1) is 0 Å². The van der Waals surface area contributed by atoms with Gasteiger partial charge in [-0.1, -0.05) is 13.8 Å². The van der Waals surface area contributed by atoms with E-state index >= 15 is 0 Å². The summed E-state index contributed by atoms with van der Waals surface area (Å²) in [7, 11) is -3.48. The zero-order chi connectivity index (χ0) is 16.0.